The highest BCUT2D eigenvalue weighted by Gasteiger charge is 2.23. The van der Waals surface area contributed by atoms with Crippen LogP contribution in [0.3, 0.4) is 0 Å². The lowest BCUT2D eigenvalue weighted by Crippen LogP contribution is -2.11. The summed E-state index contributed by atoms with van der Waals surface area (Å²) in [6.07, 6.45) is 14.7. The van der Waals surface area contributed by atoms with E-state index in [1.54, 1.807) is 0 Å². The van der Waals surface area contributed by atoms with Crippen molar-refractivity contribution in [1.82, 2.24) is 4.57 Å². The van der Waals surface area contributed by atoms with Gasteiger partial charge in [0, 0.05) is 56.0 Å². The molecule has 9 aromatic rings. The Morgan fingerprint density at radius 2 is 1.25 bits per heavy atom. The van der Waals surface area contributed by atoms with E-state index in [2.05, 4.69) is 185 Å². The van der Waals surface area contributed by atoms with Crippen molar-refractivity contribution in [2.24, 2.45) is 5.92 Å². The molecule has 3 heteroatoms. The second-order valence-corrected chi connectivity index (χ2v) is 14.1. The number of anilines is 3. The van der Waals surface area contributed by atoms with Crippen LogP contribution in [-0.2, 0) is 0 Å². The van der Waals surface area contributed by atoms with Gasteiger partial charge in [0.1, 0.15) is 11.2 Å². The van der Waals surface area contributed by atoms with Gasteiger partial charge in [-0.25, -0.2) is 0 Å². The SMILES string of the molecule is C1=CC2=CC(c3ccc(N(c4ccc5c(c4)oc4ccccc45)c4ccc5c6ccccc6n(-c6ccccc6)c5c4)c4ccccc34)=CCC2C=C1. The van der Waals surface area contributed by atoms with E-state index in [4.69, 9.17) is 4.42 Å². The first-order valence-corrected chi connectivity index (χ1v) is 18.4. The van der Waals surface area contributed by atoms with Crippen LogP contribution in [0, 0.1) is 5.92 Å². The molecule has 0 N–H and O–H groups in total. The van der Waals surface area contributed by atoms with Gasteiger partial charge in [-0.05, 0) is 83.1 Å². The van der Waals surface area contributed by atoms with Crippen LogP contribution in [0.4, 0.5) is 17.1 Å². The highest BCUT2D eigenvalue weighted by molar-refractivity contribution is 6.12. The predicted octanol–water partition coefficient (Wildman–Crippen LogP) is 13.8. The number of furan rings is 1. The molecule has 0 spiro atoms. The van der Waals surface area contributed by atoms with E-state index < -0.39 is 0 Å². The van der Waals surface area contributed by atoms with Crippen molar-refractivity contribution in [2.45, 2.75) is 6.42 Å². The zero-order chi connectivity index (χ0) is 34.9. The monoisotopic (exact) mass is 678 g/mol. The van der Waals surface area contributed by atoms with Crippen molar-refractivity contribution in [3.8, 4) is 5.69 Å². The van der Waals surface area contributed by atoms with E-state index in [1.165, 1.54) is 43.8 Å². The molecule has 1 atom stereocenters. The van der Waals surface area contributed by atoms with Crippen molar-refractivity contribution in [2.75, 3.05) is 4.90 Å². The topological polar surface area (TPSA) is 21.3 Å². The van der Waals surface area contributed by atoms with Crippen LogP contribution in [-0.4, -0.2) is 4.57 Å². The van der Waals surface area contributed by atoms with Crippen LogP contribution in [0.2, 0.25) is 0 Å². The molecule has 0 radical (unpaired) electrons. The molecule has 0 bridgehead atoms. The lowest BCUT2D eigenvalue weighted by molar-refractivity contribution is 0.669. The summed E-state index contributed by atoms with van der Waals surface area (Å²) in [6.45, 7) is 0. The van der Waals surface area contributed by atoms with Gasteiger partial charge >= 0.3 is 0 Å². The number of hydrogen-bond donors (Lipinski definition) is 0. The molecule has 0 saturated heterocycles. The molecule has 2 heterocycles. The minimum absolute atomic E-state index is 0.458. The van der Waals surface area contributed by atoms with Crippen molar-refractivity contribution in [1.29, 1.82) is 0 Å². The zero-order valence-electron chi connectivity index (χ0n) is 29.0. The molecule has 2 aliphatic carbocycles. The maximum atomic E-state index is 6.48. The molecule has 0 amide bonds. The van der Waals surface area contributed by atoms with Gasteiger partial charge in [-0.3, -0.25) is 0 Å². The average Bonchev–Trinajstić information content (AvgIpc) is 3.76. The van der Waals surface area contributed by atoms with Gasteiger partial charge in [-0.2, -0.15) is 0 Å². The Labute approximate surface area is 307 Å². The quantitative estimate of drug-likeness (QED) is 0.181. The summed E-state index contributed by atoms with van der Waals surface area (Å²) in [4.78, 5) is 2.41. The smallest absolute Gasteiger partial charge is 0.137 e. The van der Waals surface area contributed by atoms with Gasteiger partial charge < -0.3 is 13.9 Å². The molecule has 2 aliphatic rings. The van der Waals surface area contributed by atoms with Crippen LogP contribution in [0.25, 0.3) is 65.8 Å². The molecule has 250 valence electrons. The molecule has 0 fully saturated rings. The molecule has 2 aromatic heterocycles. The Morgan fingerprint density at radius 1 is 0.547 bits per heavy atom. The molecule has 0 aliphatic heterocycles. The largest absolute Gasteiger partial charge is 0.456 e. The number of hydrogen-bond acceptors (Lipinski definition) is 2. The molecular weight excluding hydrogens is 645 g/mol. The number of rotatable bonds is 5. The standard InChI is InChI=1S/C50H34N2O/c1-2-14-36(15-3-1)52-46-20-10-8-18-42(46)43-26-24-37(31-48(43)52)51(38-25-27-45-44-19-9-11-21-49(44)53-50(45)32-38)47-29-28-39(40-16-6-7-17-41(40)47)35-23-22-33-12-4-5-13-34(33)30-35/h1-21,23-33H,22H2. The van der Waals surface area contributed by atoms with Crippen molar-refractivity contribution in [3.63, 3.8) is 0 Å². The predicted molar refractivity (Wildman–Crippen MR) is 223 cm³/mol. The Kier molecular flexibility index (Phi) is 6.68. The van der Waals surface area contributed by atoms with Crippen molar-refractivity contribution < 1.29 is 4.42 Å². The van der Waals surface area contributed by atoms with E-state index in [9.17, 15) is 0 Å². The molecule has 0 saturated carbocycles. The lowest BCUT2D eigenvalue weighted by Gasteiger charge is -2.28. The second-order valence-electron chi connectivity index (χ2n) is 14.1. The van der Waals surface area contributed by atoms with E-state index in [0.29, 0.717) is 5.92 Å². The fourth-order valence-electron chi connectivity index (χ4n) is 8.61. The maximum Gasteiger partial charge on any atom is 0.137 e. The van der Waals surface area contributed by atoms with Gasteiger partial charge in [0.2, 0.25) is 0 Å². The molecule has 11 rings (SSSR count). The normalized spacial score (nSPS) is 15.4. The van der Waals surface area contributed by atoms with Gasteiger partial charge in [0.05, 0.1) is 16.7 Å². The van der Waals surface area contributed by atoms with Crippen LogP contribution in [0.15, 0.2) is 198 Å². The number of fused-ring (bicyclic) bond motifs is 8. The maximum absolute atomic E-state index is 6.48. The fourth-order valence-corrected chi connectivity index (χ4v) is 8.61. The Hall–Kier alpha value is -6.84. The van der Waals surface area contributed by atoms with Crippen LogP contribution in [0.1, 0.15) is 12.0 Å². The Balaban J connectivity index is 1.16. The molecule has 53 heavy (non-hydrogen) atoms. The van der Waals surface area contributed by atoms with Crippen LogP contribution < -0.4 is 4.90 Å². The van der Waals surface area contributed by atoms with Gasteiger partial charge in [-0.1, -0.05) is 127 Å². The summed E-state index contributed by atoms with van der Waals surface area (Å²) in [7, 11) is 0. The summed E-state index contributed by atoms with van der Waals surface area (Å²) in [6, 6.07) is 54.7. The van der Waals surface area contributed by atoms with Crippen LogP contribution in [0.5, 0.6) is 0 Å². The summed E-state index contributed by atoms with van der Waals surface area (Å²) >= 11 is 0. The van der Waals surface area contributed by atoms with Crippen LogP contribution >= 0.6 is 0 Å². The van der Waals surface area contributed by atoms with E-state index in [-0.39, 0.29) is 0 Å². The van der Waals surface area contributed by atoms with Crippen molar-refractivity contribution >= 4 is 77.2 Å². The third-order valence-electron chi connectivity index (χ3n) is 11.1. The third kappa shape index (κ3) is 4.74. The first-order valence-electron chi connectivity index (χ1n) is 18.4. The first kappa shape index (κ1) is 29.8. The minimum Gasteiger partial charge on any atom is -0.456 e. The summed E-state index contributed by atoms with van der Waals surface area (Å²) in [5.41, 5.74) is 12.4. The summed E-state index contributed by atoms with van der Waals surface area (Å²) in [5, 5.41) is 7.14. The second kappa shape index (κ2) is 11.9. The van der Waals surface area contributed by atoms with E-state index >= 15 is 0 Å². The summed E-state index contributed by atoms with van der Waals surface area (Å²) in [5.74, 6) is 0.458. The molecular formula is C50H34N2O. The molecule has 1 unspecified atom stereocenters. The first-order chi connectivity index (χ1) is 26.3. The average molecular weight is 679 g/mol. The van der Waals surface area contributed by atoms with Gasteiger partial charge in [-0.15, -0.1) is 0 Å². The van der Waals surface area contributed by atoms with Gasteiger partial charge in [0.25, 0.3) is 0 Å². The summed E-state index contributed by atoms with van der Waals surface area (Å²) < 4.78 is 8.87. The van der Waals surface area contributed by atoms with E-state index in [0.717, 1.165) is 56.6 Å². The van der Waals surface area contributed by atoms with Gasteiger partial charge in [0.15, 0.2) is 0 Å². The number of allylic oxidation sites excluding steroid dienone is 8. The minimum atomic E-state index is 0.458. The zero-order valence-corrected chi connectivity index (χ0v) is 29.0. The number of aromatic nitrogens is 1. The highest BCUT2D eigenvalue weighted by atomic mass is 16.3. The number of nitrogens with zero attached hydrogens (tertiary/aromatic N) is 2. The molecule has 3 nitrogen and oxygen atoms in total. The van der Waals surface area contributed by atoms with E-state index in [1.807, 2.05) is 12.1 Å². The third-order valence-corrected chi connectivity index (χ3v) is 11.1. The molecule has 7 aromatic carbocycles. The Morgan fingerprint density at radius 3 is 2.13 bits per heavy atom. The number of para-hydroxylation sites is 3. The number of benzene rings is 7. The van der Waals surface area contributed by atoms with Crippen molar-refractivity contribution in [3.05, 3.63) is 199 Å². The highest BCUT2D eigenvalue weighted by Crippen LogP contribution is 2.45. The fraction of sp³-hybridized carbons (Fsp3) is 0.0400. The lowest BCUT2D eigenvalue weighted by atomic mass is 9.83. The Bertz CT molecular complexity index is 3040.